The van der Waals surface area contributed by atoms with Gasteiger partial charge < -0.3 is 29.7 Å². The van der Waals surface area contributed by atoms with Crippen molar-refractivity contribution in [1.82, 2.24) is 15.1 Å². The lowest BCUT2D eigenvalue weighted by Gasteiger charge is -2.23. The van der Waals surface area contributed by atoms with Gasteiger partial charge in [-0.25, -0.2) is 9.59 Å². The topological polar surface area (TPSA) is 91.3 Å². The maximum atomic E-state index is 11.9. The Bertz CT molecular complexity index is 638. The first-order valence-corrected chi connectivity index (χ1v) is 8.26. The van der Waals surface area contributed by atoms with Crippen LogP contribution in [-0.2, 0) is 0 Å². The number of ether oxygens (including phenoxy) is 2. The van der Waals surface area contributed by atoms with E-state index in [1.165, 1.54) is 21.9 Å². The molecule has 0 aliphatic rings. The molecule has 0 saturated carbocycles. The Kier molecular flexibility index (Phi) is 7.41. The van der Waals surface area contributed by atoms with E-state index in [0.29, 0.717) is 12.1 Å². The largest absolute Gasteiger partial charge is 0.414 e. The first-order chi connectivity index (χ1) is 11.9. The van der Waals surface area contributed by atoms with Gasteiger partial charge in [0.1, 0.15) is 0 Å². The number of benzene rings is 1. The molecule has 1 aromatic carbocycles. The highest BCUT2D eigenvalue weighted by Gasteiger charge is 2.20. The molecule has 0 aliphatic heterocycles. The molecule has 2 N–H and O–H groups in total. The van der Waals surface area contributed by atoms with Crippen molar-refractivity contribution in [3.8, 4) is 11.5 Å². The average molecular weight is 367 g/mol. The van der Waals surface area contributed by atoms with Crippen molar-refractivity contribution in [3.05, 3.63) is 23.8 Å². The zero-order valence-corrected chi connectivity index (χ0v) is 16.5. The average Bonchev–Trinajstić information content (AvgIpc) is 2.53. The molecule has 1 aromatic rings. The van der Waals surface area contributed by atoms with Crippen molar-refractivity contribution in [1.29, 1.82) is 0 Å². The van der Waals surface area contributed by atoms with E-state index in [0.717, 1.165) is 0 Å². The molecular formula is C18H29N3O5. The number of aliphatic hydroxyl groups is 1. The molecule has 1 unspecified atom stereocenters. The summed E-state index contributed by atoms with van der Waals surface area (Å²) in [6, 6.07) is 4.62. The maximum absolute atomic E-state index is 11.9. The van der Waals surface area contributed by atoms with E-state index in [9.17, 15) is 14.7 Å². The van der Waals surface area contributed by atoms with Gasteiger partial charge in [0.25, 0.3) is 0 Å². The fourth-order valence-electron chi connectivity index (χ4n) is 1.79. The van der Waals surface area contributed by atoms with Crippen LogP contribution in [-0.4, -0.2) is 67.4 Å². The predicted octanol–water partition coefficient (Wildman–Crippen LogP) is 2.23. The molecule has 146 valence electrons. The summed E-state index contributed by atoms with van der Waals surface area (Å²) in [6.45, 7) is 6.30. The number of amides is 2. The predicted molar refractivity (Wildman–Crippen MR) is 98.6 cm³/mol. The molecule has 26 heavy (non-hydrogen) atoms. The van der Waals surface area contributed by atoms with Crippen molar-refractivity contribution in [2.75, 3.05) is 34.7 Å². The molecule has 8 nitrogen and oxygen atoms in total. The van der Waals surface area contributed by atoms with Gasteiger partial charge in [-0.3, -0.25) is 0 Å². The molecular weight excluding hydrogens is 338 g/mol. The summed E-state index contributed by atoms with van der Waals surface area (Å²) in [5, 5.41) is 13.6. The minimum atomic E-state index is -0.815. The zero-order chi connectivity index (χ0) is 20.1. The van der Waals surface area contributed by atoms with Crippen LogP contribution in [0.3, 0.4) is 0 Å². The van der Waals surface area contributed by atoms with Crippen LogP contribution in [0.1, 0.15) is 32.4 Å². The van der Waals surface area contributed by atoms with Gasteiger partial charge in [-0.1, -0.05) is 6.07 Å². The first kappa shape index (κ1) is 21.7. The Labute approximate surface area is 154 Å². The summed E-state index contributed by atoms with van der Waals surface area (Å²) >= 11 is 0. The quantitative estimate of drug-likeness (QED) is 0.829. The Morgan fingerprint density at radius 1 is 1.04 bits per heavy atom. The third-order valence-corrected chi connectivity index (χ3v) is 3.30. The van der Waals surface area contributed by atoms with Gasteiger partial charge in [0.2, 0.25) is 0 Å². The summed E-state index contributed by atoms with van der Waals surface area (Å²) in [7, 11) is 6.17. The van der Waals surface area contributed by atoms with Crippen LogP contribution in [0.25, 0.3) is 0 Å². The Balaban J connectivity index is 3.08. The molecule has 0 saturated heterocycles. The van der Waals surface area contributed by atoms with Crippen LogP contribution >= 0.6 is 0 Å². The van der Waals surface area contributed by atoms with E-state index in [4.69, 9.17) is 9.47 Å². The first-order valence-electron chi connectivity index (χ1n) is 8.26. The lowest BCUT2D eigenvalue weighted by Crippen LogP contribution is -2.38. The molecule has 0 aromatic heterocycles. The monoisotopic (exact) mass is 367 g/mol. The second-order valence-electron chi connectivity index (χ2n) is 7.38. The van der Waals surface area contributed by atoms with Gasteiger partial charge in [0.15, 0.2) is 11.5 Å². The van der Waals surface area contributed by atoms with E-state index in [2.05, 4.69) is 5.32 Å². The van der Waals surface area contributed by atoms with Gasteiger partial charge in [0.05, 0.1) is 6.10 Å². The summed E-state index contributed by atoms with van der Waals surface area (Å²) in [5.41, 5.74) is 0.385. The lowest BCUT2D eigenvalue weighted by atomic mass is 10.1. The number of rotatable bonds is 5. The second kappa shape index (κ2) is 8.86. The van der Waals surface area contributed by atoms with Gasteiger partial charge in [-0.2, -0.15) is 0 Å². The third-order valence-electron chi connectivity index (χ3n) is 3.30. The number of hydrogen-bond donors (Lipinski definition) is 2. The van der Waals surface area contributed by atoms with E-state index in [-0.39, 0.29) is 17.0 Å². The molecule has 0 radical (unpaired) electrons. The molecule has 0 spiro atoms. The van der Waals surface area contributed by atoms with Crippen molar-refractivity contribution in [2.45, 2.75) is 32.4 Å². The smallest absolute Gasteiger partial charge is 0.406 e. The normalized spacial score (nSPS) is 12.3. The van der Waals surface area contributed by atoms with E-state index >= 15 is 0 Å². The van der Waals surface area contributed by atoms with Crippen LogP contribution in [0.15, 0.2) is 18.2 Å². The fraction of sp³-hybridized carbons (Fsp3) is 0.556. The highest BCUT2D eigenvalue weighted by atomic mass is 16.6. The third kappa shape index (κ3) is 6.89. The highest BCUT2D eigenvalue weighted by Crippen LogP contribution is 2.31. The molecule has 1 rings (SSSR count). The van der Waals surface area contributed by atoms with Crippen LogP contribution in [0.4, 0.5) is 9.59 Å². The fourth-order valence-corrected chi connectivity index (χ4v) is 1.79. The minimum absolute atomic E-state index is 0.0613. The maximum Gasteiger partial charge on any atom is 0.414 e. The minimum Gasteiger partial charge on any atom is -0.406 e. The van der Waals surface area contributed by atoms with E-state index in [1.54, 1.807) is 34.3 Å². The standard InChI is InChI=1S/C18H29N3O5/c1-18(2,3)19-11-13(22)12-8-9-14(25-16(23)20(4)5)15(10-12)26-17(24)21(6)7/h8-10,13,19,22H,11H2,1-7H3. The Hall–Kier alpha value is -2.32. The number of nitrogens with one attached hydrogen (secondary N) is 1. The van der Waals surface area contributed by atoms with Crippen LogP contribution in [0, 0.1) is 0 Å². The summed E-state index contributed by atoms with van der Waals surface area (Å²) in [6.07, 6.45) is -2.04. The molecule has 8 heteroatoms. The molecule has 0 fully saturated rings. The van der Waals surface area contributed by atoms with Crippen molar-refractivity contribution in [3.63, 3.8) is 0 Å². The number of nitrogens with zero attached hydrogens (tertiary/aromatic N) is 2. The van der Waals surface area contributed by atoms with E-state index < -0.39 is 18.3 Å². The molecule has 0 bridgehead atoms. The van der Waals surface area contributed by atoms with Crippen molar-refractivity contribution < 1.29 is 24.2 Å². The zero-order valence-electron chi connectivity index (χ0n) is 16.5. The summed E-state index contributed by atoms with van der Waals surface area (Å²) < 4.78 is 10.5. The van der Waals surface area contributed by atoms with Gasteiger partial charge in [0, 0.05) is 40.3 Å². The van der Waals surface area contributed by atoms with Crippen LogP contribution in [0.5, 0.6) is 11.5 Å². The Morgan fingerprint density at radius 2 is 1.54 bits per heavy atom. The molecule has 1 atom stereocenters. The molecule has 0 aliphatic carbocycles. The Morgan fingerprint density at radius 3 is 2.00 bits per heavy atom. The summed E-state index contributed by atoms with van der Waals surface area (Å²) in [4.78, 5) is 26.2. The lowest BCUT2D eigenvalue weighted by molar-refractivity contribution is 0.157. The van der Waals surface area contributed by atoms with Gasteiger partial charge >= 0.3 is 12.2 Å². The van der Waals surface area contributed by atoms with Gasteiger partial charge in [-0.15, -0.1) is 0 Å². The number of hydrogen-bond acceptors (Lipinski definition) is 6. The number of carbonyl (C=O) groups is 2. The molecule has 0 heterocycles. The summed E-state index contributed by atoms with van der Waals surface area (Å²) in [5.74, 6) is 0.157. The number of β-amino-alcohol motifs (C(OH)–C–C–N with tert-alkyl or cyclic N) is 1. The second-order valence-corrected chi connectivity index (χ2v) is 7.38. The number of aliphatic hydroxyl groups excluding tert-OH is 1. The van der Waals surface area contributed by atoms with Crippen LogP contribution < -0.4 is 14.8 Å². The van der Waals surface area contributed by atoms with Gasteiger partial charge in [-0.05, 0) is 38.5 Å². The van der Waals surface area contributed by atoms with E-state index in [1.807, 2.05) is 20.8 Å². The van der Waals surface area contributed by atoms with Crippen molar-refractivity contribution >= 4 is 12.2 Å². The van der Waals surface area contributed by atoms with Crippen molar-refractivity contribution in [2.24, 2.45) is 0 Å². The highest BCUT2D eigenvalue weighted by molar-refractivity contribution is 5.74. The van der Waals surface area contributed by atoms with Crippen LogP contribution in [0.2, 0.25) is 0 Å². The number of carbonyl (C=O) groups excluding carboxylic acids is 2. The molecule has 2 amide bonds. The SMILES string of the molecule is CN(C)C(=O)Oc1ccc(C(O)CNC(C)(C)C)cc1OC(=O)N(C)C.